The van der Waals surface area contributed by atoms with Crippen molar-refractivity contribution >= 4 is 0 Å². The number of quaternary nitrogens is 1. The molecule has 0 aliphatic heterocycles. The van der Waals surface area contributed by atoms with Crippen LogP contribution < -0.4 is 0 Å². The van der Waals surface area contributed by atoms with Gasteiger partial charge in [-0.15, -0.1) is 0 Å². The first kappa shape index (κ1) is 20.4. The van der Waals surface area contributed by atoms with Gasteiger partial charge in [0.1, 0.15) is 19.2 Å². The Balaban J connectivity index is 1.83. The summed E-state index contributed by atoms with van der Waals surface area (Å²) in [6.45, 7) is 9.01. The third-order valence-corrected chi connectivity index (χ3v) is 5.62. The summed E-state index contributed by atoms with van der Waals surface area (Å²) in [5.74, 6) is 2.03. The second kappa shape index (κ2) is 9.16. The number of hydrogen-bond donors (Lipinski definition) is 1. The Bertz CT molecular complexity index is 500. The minimum Gasteiger partial charge on any atom is -0.385 e. The lowest BCUT2D eigenvalue weighted by molar-refractivity contribution is -0.906. The van der Waals surface area contributed by atoms with E-state index < -0.39 is 6.10 Å². The lowest BCUT2D eigenvalue weighted by atomic mass is 9.75. The van der Waals surface area contributed by atoms with Crippen molar-refractivity contribution in [2.75, 3.05) is 27.2 Å². The number of likely N-dealkylation sites (N-methyl/N-ethyl adjacent to an activating group) is 1. The Labute approximate surface area is 154 Å². The molecule has 1 aromatic rings. The molecule has 0 amide bonds. The molecule has 2 rings (SSSR count). The number of rotatable bonds is 8. The topological polar surface area (TPSA) is 29.5 Å². The van der Waals surface area contributed by atoms with Crippen LogP contribution in [0.25, 0.3) is 0 Å². The minimum absolute atomic E-state index is 0.308. The molecule has 0 saturated heterocycles. The highest BCUT2D eigenvalue weighted by molar-refractivity contribution is 5.13. The van der Waals surface area contributed by atoms with E-state index in [4.69, 9.17) is 4.74 Å². The summed E-state index contributed by atoms with van der Waals surface area (Å²) < 4.78 is 6.99. The average molecular weight is 349 g/mol. The highest BCUT2D eigenvalue weighted by Gasteiger charge is 2.32. The van der Waals surface area contributed by atoms with Gasteiger partial charge in [0.25, 0.3) is 0 Å². The monoisotopic (exact) mass is 348 g/mol. The number of benzene rings is 1. The molecule has 3 heteroatoms. The fourth-order valence-corrected chi connectivity index (χ4v) is 4.31. The van der Waals surface area contributed by atoms with Crippen LogP contribution in [0.1, 0.15) is 45.6 Å². The lowest BCUT2D eigenvalue weighted by Crippen LogP contribution is -2.46. The van der Waals surface area contributed by atoms with Crippen LogP contribution in [0.5, 0.6) is 0 Å². The van der Waals surface area contributed by atoms with Gasteiger partial charge >= 0.3 is 0 Å². The van der Waals surface area contributed by atoms with Gasteiger partial charge in [0, 0.05) is 5.56 Å². The quantitative estimate of drug-likeness (QED) is 0.717. The molecule has 0 bridgehead atoms. The molecule has 0 radical (unpaired) electrons. The Morgan fingerprint density at radius 2 is 1.84 bits per heavy atom. The first-order chi connectivity index (χ1) is 11.8. The molecule has 0 spiro atoms. The van der Waals surface area contributed by atoms with Crippen molar-refractivity contribution in [1.82, 2.24) is 0 Å². The summed E-state index contributed by atoms with van der Waals surface area (Å²) in [4.78, 5) is 0. The molecule has 0 unspecified atom stereocenters. The molecule has 25 heavy (non-hydrogen) atoms. The smallest absolute Gasteiger partial charge is 0.126 e. The van der Waals surface area contributed by atoms with Crippen LogP contribution in [0.15, 0.2) is 30.3 Å². The summed E-state index contributed by atoms with van der Waals surface area (Å²) >= 11 is 0. The van der Waals surface area contributed by atoms with Gasteiger partial charge in [-0.2, -0.15) is 0 Å². The zero-order chi connectivity index (χ0) is 18.4. The van der Waals surface area contributed by atoms with Crippen LogP contribution in [0, 0.1) is 17.8 Å². The second-order valence-electron chi connectivity index (χ2n) is 9.11. The SMILES string of the molecule is CC(C)[C@H]1CC[C@@H](C)C[C@@H]1OC[C@H](O)C[N+](C)(C)Cc1ccccc1. The van der Waals surface area contributed by atoms with Gasteiger partial charge in [0.15, 0.2) is 0 Å². The van der Waals surface area contributed by atoms with E-state index in [-0.39, 0.29) is 0 Å². The molecule has 1 aliphatic rings. The summed E-state index contributed by atoms with van der Waals surface area (Å²) in [5.41, 5.74) is 1.31. The molecule has 0 heterocycles. The molecule has 1 aromatic carbocycles. The molecule has 1 saturated carbocycles. The van der Waals surface area contributed by atoms with Crippen LogP contribution in [0.4, 0.5) is 0 Å². The molecule has 1 aliphatic carbocycles. The van der Waals surface area contributed by atoms with Crippen molar-refractivity contribution < 1.29 is 14.3 Å². The normalized spacial score (nSPS) is 26.0. The average Bonchev–Trinajstić information content (AvgIpc) is 2.52. The van der Waals surface area contributed by atoms with Crippen LogP contribution >= 0.6 is 0 Å². The molecule has 1 fully saturated rings. The molecule has 142 valence electrons. The van der Waals surface area contributed by atoms with E-state index in [9.17, 15) is 5.11 Å². The van der Waals surface area contributed by atoms with Gasteiger partial charge in [0.05, 0.1) is 26.8 Å². The predicted octanol–water partition coefficient (Wildman–Crippen LogP) is 4.10. The van der Waals surface area contributed by atoms with Gasteiger partial charge in [-0.1, -0.05) is 57.5 Å². The predicted molar refractivity (Wildman–Crippen MR) is 104 cm³/mol. The third kappa shape index (κ3) is 6.73. The van der Waals surface area contributed by atoms with Crippen molar-refractivity contribution in [3.05, 3.63) is 35.9 Å². The van der Waals surface area contributed by atoms with Crippen molar-refractivity contribution in [2.45, 2.75) is 58.8 Å². The van der Waals surface area contributed by atoms with E-state index in [1.807, 2.05) is 6.07 Å². The van der Waals surface area contributed by atoms with Crippen LogP contribution in [0.2, 0.25) is 0 Å². The fourth-order valence-electron chi connectivity index (χ4n) is 4.31. The molecular formula is C22H38NO2+. The van der Waals surface area contributed by atoms with E-state index in [2.05, 4.69) is 59.1 Å². The largest absolute Gasteiger partial charge is 0.385 e. The fraction of sp³-hybridized carbons (Fsp3) is 0.727. The summed E-state index contributed by atoms with van der Waals surface area (Å²) in [6, 6.07) is 10.5. The Morgan fingerprint density at radius 1 is 1.16 bits per heavy atom. The van der Waals surface area contributed by atoms with Gasteiger partial charge in [-0.05, 0) is 30.6 Å². The zero-order valence-corrected chi connectivity index (χ0v) is 16.8. The Morgan fingerprint density at radius 3 is 2.48 bits per heavy atom. The van der Waals surface area contributed by atoms with Gasteiger partial charge in [-0.25, -0.2) is 0 Å². The summed E-state index contributed by atoms with van der Waals surface area (Å²) in [7, 11) is 4.35. The van der Waals surface area contributed by atoms with Crippen molar-refractivity contribution in [3.8, 4) is 0 Å². The first-order valence-corrected chi connectivity index (χ1v) is 9.92. The summed E-state index contributed by atoms with van der Waals surface area (Å²) in [6.07, 6.45) is 3.60. The standard InChI is InChI=1S/C22H38NO2/c1-17(2)21-12-11-18(3)13-22(21)25-16-20(24)15-23(4,5)14-19-9-7-6-8-10-19/h6-10,17-18,20-22,24H,11-16H2,1-5H3/q+1/t18-,20-,21-,22+/m1/s1. The van der Waals surface area contributed by atoms with E-state index in [0.717, 1.165) is 23.4 Å². The Hall–Kier alpha value is -0.900. The van der Waals surface area contributed by atoms with Crippen molar-refractivity contribution in [2.24, 2.45) is 17.8 Å². The van der Waals surface area contributed by atoms with E-state index >= 15 is 0 Å². The molecule has 1 N–H and O–H groups in total. The maximum atomic E-state index is 10.5. The van der Waals surface area contributed by atoms with E-state index in [0.29, 0.717) is 31.1 Å². The second-order valence-corrected chi connectivity index (χ2v) is 9.11. The number of aliphatic hydroxyl groups excluding tert-OH is 1. The number of aliphatic hydroxyl groups is 1. The maximum Gasteiger partial charge on any atom is 0.126 e. The molecular weight excluding hydrogens is 310 g/mol. The minimum atomic E-state index is -0.413. The van der Waals surface area contributed by atoms with Crippen LogP contribution in [-0.4, -0.2) is 49.0 Å². The lowest BCUT2D eigenvalue weighted by Gasteiger charge is -2.38. The third-order valence-electron chi connectivity index (χ3n) is 5.62. The first-order valence-electron chi connectivity index (χ1n) is 9.92. The number of ether oxygens (including phenoxy) is 1. The van der Waals surface area contributed by atoms with Crippen LogP contribution in [-0.2, 0) is 11.3 Å². The highest BCUT2D eigenvalue weighted by Crippen LogP contribution is 2.35. The number of hydrogen-bond acceptors (Lipinski definition) is 2. The van der Waals surface area contributed by atoms with Gasteiger partial charge in [-0.3, -0.25) is 0 Å². The maximum absolute atomic E-state index is 10.5. The zero-order valence-electron chi connectivity index (χ0n) is 16.8. The van der Waals surface area contributed by atoms with Gasteiger partial charge in [0.2, 0.25) is 0 Å². The highest BCUT2D eigenvalue weighted by atomic mass is 16.5. The molecule has 4 atom stereocenters. The number of nitrogens with zero attached hydrogens (tertiary/aromatic N) is 1. The Kier molecular flexibility index (Phi) is 7.48. The van der Waals surface area contributed by atoms with Crippen molar-refractivity contribution in [1.29, 1.82) is 0 Å². The van der Waals surface area contributed by atoms with Crippen LogP contribution in [0.3, 0.4) is 0 Å². The van der Waals surface area contributed by atoms with Crippen molar-refractivity contribution in [3.63, 3.8) is 0 Å². The molecule has 3 nitrogen and oxygen atoms in total. The van der Waals surface area contributed by atoms with Gasteiger partial charge < -0.3 is 14.3 Å². The van der Waals surface area contributed by atoms with E-state index in [1.165, 1.54) is 18.4 Å². The summed E-state index contributed by atoms with van der Waals surface area (Å²) in [5, 5.41) is 10.5. The molecule has 0 aromatic heterocycles. The van der Waals surface area contributed by atoms with E-state index in [1.54, 1.807) is 0 Å².